The maximum absolute atomic E-state index is 13.7. The van der Waals surface area contributed by atoms with Crippen LogP contribution < -0.4 is 4.72 Å². The molecule has 130 valence electrons. The van der Waals surface area contributed by atoms with E-state index in [1.54, 1.807) is 4.72 Å². The molecule has 0 unspecified atom stereocenters. The Morgan fingerprint density at radius 2 is 1.58 bits per heavy atom. The standard InChI is InChI=1S/C13H6Cl2F5NO2S/c14-6-1-4-10(8(15)5-6)24(22,23)21-9-3-2-7(13(18,19)20)11(16)12(9)17/h1-5,21H. The third-order valence-corrected chi connectivity index (χ3v) is 4.90. The number of hydrogen-bond acceptors (Lipinski definition) is 2. The van der Waals surface area contributed by atoms with Crippen molar-refractivity contribution in [2.24, 2.45) is 0 Å². The summed E-state index contributed by atoms with van der Waals surface area (Å²) in [6, 6.07) is 3.97. The van der Waals surface area contributed by atoms with Crippen LogP contribution in [-0.2, 0) is 16.2 Å². The van der Waals surface area contributed by atoms with E-state index < -0.39 is 44.0 Å². The zero-order valence-electron chi connectivity index (χ0n) is 11.3. The van der Waals surface area contributed by atoms with Crippen LogP contribution in [0.5, 0.6) is 0 Å². The molecule has 0 atom stereocenters. The van der Waals surface area contributed by atoms with Crippen molar-refractivity contribution in [1.82, 2.24) is 0 Å². The Hall–Kier alpha value is -1.58. The van der Waals surface area contributed by atoms with Gasteiger partial charge in [0.15, 0.2) is 11.6 Å². The minimum atomic E-state index is -5.12. The fourth-order valence-corrected chi connectivity index (χ4v) is 3.57. The highest BCUT2D eigenvalue weighted by Gasteiger charge is 2.36. The lowest BCUT2D eigenvalue weighted by Crippen LogP contribution is -2.16. The van der Waals surface area contributed by atoms with E-state index in [9.17, 15) is 30.4 Å². The summed E-state index contributed by atoms with van der Waals surface area (Å²) in [6.07, 6.45) is -5.12. The Balaban J connectivity index is 2.46. The minimum absolute atomic E-state index is 0.130. The molecule has 3 nitrogen and oxygen atoms in total. The lowest BCUT2D eigenvalue weighted by atomic mass is 10.2. The zero-order chi connectivity index (χ0) is 18.3. The summed E-state index contributed by atoms with van der Waals surface area (Å²) in [5.74, 6) is -4.21. The van der Waals surface area contributed by atoms with E-state index in [1.807, 2.05) is 0 Å². The van der Waals surface area contributed by atoms with Crippen LogP contribution in [-0.4, -0.2) is 8.42 Å². The van der Waals surface area contributed by atoms with E-state index in [2.05, 4.69) is 0 Å². The first-order chi connectivity index (χ1) is 10.9. The van der Waals surface area contributed by atoms with Crippen molar-refractivity contribution < 1.29 is 30.4 Å². The summed E-state index contributed by atoms with van der Waals surface area (Å²) >= 11 is 11.3. The van der Waals surface area contributed by atoms with E-state index in [0.29, 0.717) is 6.07 Å². The molecule has 1 N–H and O–H groups in total. The molecule has 0 aliphatic rings. The van der Waals surface area contributed by atoms with Crippen molar-refractivity contribution in [3.8, 4) is 0 Å². The Labute approximate surface area is 143 Å². The first kappa shape index (κ1) is 18.8. The summed E-state index contributed by atoms with van der Waals surface area (Å²) in [5, 5.41) is -0.173. The molecule has 24 heavy (non-hydrogen) atoms. The van der Waals surface area contributed by atoms with Gasteiger partial charge in [0, 0.05) is 5.02 Å². The second-order valence-electron chi connectivity index (χ2n) is 4.47. The van der Waals surface area contributed by atoms with Gasteiger partial charge in [-0.25, -0.2) is 17.2 Å². The highest BCUT2D eigenvalue weighted by atomic mass is 35.5. The summed E-state index contributed by atoms with van der Waals surface area (Å²) in [4.78, 5) is -0.506. The molecule has 0 spiro atoms. The van der Waals surface area contributed by atoms with Gasteiger partial charge in [-0.3, -0.25) is 4.72 Å². The van der Waals surface area contributed by atoms with Gasteiger partial charge in [0.25, 0.3) is 10.0 Å². The number of anilines is 1. The van der Waals surface area contributed by atoms with Gasteiger partial charge in [0.1, 0.15) is 4.90 Å². The van der Waals surface area contributed by atoms with Gasteiger partial charge >= 0.3 is 6.18 Å². The lowest BCUT2D eigenvalue weighted by molar-refractivity contribution is -0.140. The molecule has 0 aliphatic heterocycles. The maximum Gasteiger partial charge on any atom is 0.419 e. The molecule has 0 amide bonds. The molecule has 0 aliphatic carbocycles. The topological polar surface area (TPSA) is 46.2 Å². The lowest BCUT2D eigenvalue weighted by Gasteiger charge is -2.13. The third kappa shape index (κ3) is 3.73. The summed E-state index contributed by atoms with van der Waals surface area (Å²) in [6.45, 7) is 0. The zero-order valence-corrected chi connectivity index (χ0v) is 13.6. The van der Waals surface area contributed by atoms with E-state index in [-0.39, 0.29) is 16.1 Å². The second-order valence-corrected chi connectivity index (χ2v) is 6.96. The van der Waals surface area contributed by atoms with Crippen LogP contribution in [0.4, 0.5) is 27.6 Å². The Bertz CT molecular complexity index is 900. The molecule has 11 heteroatoms. The molecule has 0 heterocycles. The SMILES string of the molecule is O=S(=O)(Nc1ccc(C(F)(F)F)c(F)c1F)c1ccc(Cl)cc1Cl. The van der Waals surface area contributed by atoms with Gasteiger partial charge in [-0.05, 0) is 30.3 Å². The van der Waals surface area contributed by atoms with Crippen LogP contribution in [0.1, 0.15) is 5.56 Å². The van der Waals surface area contributed by atoms with E-state index >= 15 is 0 Å². The first-order valence-electron chi connectivity index (χ1n) is 5.96. The molecule has 0 aromatic heterocycles. The number of halogens is 7. The number of alkyl halides is 3. The Kier molecular flexibility index (Phi) is 4.98. The minimum Gasteiger partial charge on any atom is -0.276 e. The molecular weight excluding hydrogens is 400 g/mol. The fourth-order valence-electron chi connectivity index (χ4n) is 1.74. The Morgan fingerprint density at radius 1 is 0.958 bits per heavy atom. The van der Waals surface area contributed by atoms with Crippen LogP contribution in [0.15, 0.2) is 35.2 Å². The van der Waals surface area contributed by atoms with Gasteiger partial charge in [-0.2, -0.15) is 13.2 Å². The van der Waals surface area contributed by atoms with Crippen molar-refractivity contribution in [2.75, 3.05) is 4.72 Å². The van der Waals surface area contributed by atoms with Crippen LogP contribution in [0.25, 0.3) is 0 Å². The summed E-state index contributed by atoms with van der Waals surface area (Å²) in [7, 11) is -4.48. The number of benzene rings is 2. The second kappa shape index (κ2) is 6.38. The van der Waals surface area contributed by atoms with Gasteiger partial charge in [0.05, 0.1) is 16.3 Å². The van der Waals surface area contributed by atoms with E-state index in [1.165, 1.54) is 6.07 Å². The quantitative estimate of drug-likeness (QED) is 0.722. The van der Waals surface area contributed by atoms with Crippen LogP contribution >= 0.6 is 23.2 Å². The molecule has 2 aromatic rings. The van der Waals surface area contributed by atoms with Crippen molar-refractivity contribution in [3.63, 3.8) is 0 Å². The molecule has 0 saturated heterocycles. The van der Waals surface area contributed by atoms with Gasteiger partial charge in [-0.1, -0.05) is 23.2 Å². The average molecular weight is 406 g/mol. The van der Waals surface area contributed by atoms with Gasteiger partial charge in [-0.15, -0.1) is 0 Å². The van der Waals surface area contributed by atoms with Crippen LogP contribution in [0, 0.1) is 11.6 Å². The van der Waals surface area contributed by atoms with Crippen molar-refractivity contribution in [2.45, 2.75) is 11.1 Å². The Morgan fingerprint density at radius 3 is 2.12 bits per heavy atom. The van der Waals surface area contributed by atoms with Crippen LogP contribution in [0.3, 0.4) is 0 Å². The van der Waals surface area contributed by atoms with Gasteiger partial charge < -0.3 is 0 Å². The predicted octanol–water partition coefficient (Wildman–Crippen LogP) is 5.09. The number of hydrogen-bond donors (Lipinski definition) is 1. The normalized spacial score (nSPS) is 12.3. The smallest absolute Gasteiger partial charge is 0.276 e. The van der Waals surface area contributed by atoms with Crippen molar-refractivity contribution in [3.05, 3.63) is 57.6 Å². The van der Waals surface area contributed by atoms with Crippen molar-refractivity contribution in [1.29, 1.82) is 0 Å². The van der Waals surface area contributed by atoms with Crippen LogP contribution in [0.2, 0.25) is 10.0 Å². The summed E-state index contributed by atoms with van der Waals surface area (Å²) < 4.78 is 90.6. The molecule has 0 radical (unpaired) electrons. The molecule has 0 fully saturated rings. The molecule has 0 saturated carbocycles. The monoisotopic (exact) mass is 405 g/mol. The fraction of sp³-hybridized carbons (Fsp3) is 0.0769. The largest absolute Gasteiger partial charge is 0.419 e. The molecule has 2 rings (SSSR count). The number of rotatable bonds is 3. The molecule has 0 bridgehead atoms. The van der Waals surface area contributed by atoms with Crippen molar-refractivity contribution >= 4 is 38.9 Å². The van der Waals surface area contributed by atoms with E-state index in [4.69, 9.17) is 23.2 Å². The molecule has 2 aromatic carbocycles. The molecular formula is C13H6Cl2F5NO2S. The van der Waals surface area contributed by atoms with Gasteiger partial charge in [0.2, 0.25) is 0 Å². The predicted molar refractivity (Wildman–Crippen MR) is 78.6 cm³/mol. The highest BCUT2D eigenvalue weighted by Crippen LogP contribution is 2.35. The number of nitrogens with one attached hydrogen (secondary N) is 1. The first-order valence-corrected chi connectivity index (χ1v) is 8.20. The maximum atomic E-state index is 13.7. The highest BCUT2D eigenvalue weighted by molar-refractivity contribution is 7.92. The van der Waals surface area contributed by atoms with E-state index in [0.717, 1.165) is 12.1 Å². The third-order valence-electron chi connectivity index (χ3n) is 2.82. The average Bonchev–Trinajstić information content (AvgIpc) is 2.42. The number of sulfonamides is 1. The summed E-state index contributed by atoms with van der Waals surface area (Å²) in [5.41, 5.74) is -2.85.